The van der Waals surface area contributed by atoms with Crippen molar-refractivity contribution in [2.75, 3.05) is 13.6 Å². The maximum atomic E-state index is 10.5. The summed E-state index contributed by atoms with van der Waals surface area (Å²) in [6.07, 6.45) is 3.23. The van der Waals surface area contributed by atoms with Gasteiger partial charge in [-0.3, -0.25) is 4.79 Å². The van der Waals surface area contributed by atoms with Crippen molar-refractivity contribution in [1.29, 1.82) is 0 Å². The molecule has 1 atom stereocenters. The average molecular weight is 127 g/mol. The number of likely N-dealkylation sites (tertiary alicyclic amines) is 1. The Morgan fingerprint density at radius 1 is 1.67 bits per heavy atom. The number of likely N-dealkylation sites (N-methyl/N-ethyl adjacent to an activating group) is 1. The van der Waals surface area contributed by atoms with Crippen molar-refractivity contribution in [3.8, 4) is 0 Å². The van der Waals surface area contributed by atoms with Gasteiger partial charge >= 0.3 is 0 Å². The molecule has 0 bridgehead atoms. The zero-order chi connectivity index (χ0) is 6.91. The first kappa shape index (κ1) is 6.75. The molecule has 1 aliphatic rings. The Morgan fingerprint density at radius 2 is 2.33 bits per heavy atom. The lowest BCUT2D eigenvalue weighted by Crippen LogP contribution is -2.44. The van der Waals surface area contributed by atoms with E-state index in [1.165, 1.54) is 0 Å². The van der Waals surface area contributed by atoms with Crippen LogP contribution in [-0.4, -0.2) is 25.4 Å². The van der Waals surface area contributed by atoms with E-state index in [9.17, 15) is 4.79 Å². The van der Waals surface area contributed by atoms with Gasteiger partial charge in [-0.15, -0.1) is 0 Å². The third-order valence-corrected chi connectivity index (χ3v) is 2.30. The number of rotatable bonds is 1. The number of nitrogens with zero attached hydrogens (tertiary/aromatic N) is 1. The third-order valence-electron chi connectivity index (χ3n) is 2.30. The molecule has 0 unspecified atom stereocenters. The van der Waals surface area contributed by atoms with Gasteiger partial charge in [0, 0.05) is 19.8 Å². The van der Waals surface area contributed by atoms with Gasteiger partial charge < -0.3 is 0 Å². The maximum absolute atomic E-state index is 10.5. The van der Waals surface area contributed by atoms with Gasteiger partial charge in [-0.1, -0.05) is 0 Å². The molecule has 1 aliphatic heterocycles. The fraction of sp³-hybridized carbons (Fsp3) is 0.857. The van der Waals surface area contributed by atoms with Crippen molar-refractivity contribution < 1.29 is 4.79 Å². The van der Waals surface area contributed by atoms with E-state index in [2.05, 4.69) is 4.90 Å². The molecule has 1 radical (unpaired) electrons. The average Bonchev–Trinajstić information content (AvgIpc) is 2.15. The maximum Gasteiger partial charge on any atom is 0.195 e. The van der Waals surface area contributed by atoms with E-state index in [1.807, 2.05) is 14.0 Å². The summed E-state index contributed by atoms with van der Waals surface area (Å²) in [6.45, 7) is 3.06. The minimum absolute atomic E-state index is 0.153. The standard InChI is InChI=1S/C7H13NO/c1-7(6-9)4-3-5-8(7)2/h6H,3-5H2,1-2H3/q+1/t7-/m0/s1. The van der Waals surface area contributed by atoms with Crippen LogP contribution >= 0.6 is 0 Å². The molecule has 0 amide bonds. The topological polar surface area (TPSA) is 23.0 Å². The van der Waals surface area contributed by atoms with Crippen LogP contribution in [0.4, 0.5) is 0 Å². The molecule has 0 spiro atoms. The van der Waals surface area contributed by atoms with E-state index in [1.54, 1.807) is 0 Å². The van der Waals surface area contributed by atoms with E-state index in [0.717, 1.165) is 25.7 Å². The van der Waals surface area contributed by atoms with Gasteiger partial charge in [-0.25, -0.2) is 0 Å². The van der Waals surface area contributed by atoms with Crippen molar-refractivity contribution in [3.05, 3.63) is 0 Å². The fourth-order valence-electron chi connectivity index (χ4n) is 1.27. The molecular weight excluding hydrogens is 114 g/mol. The van der Waals surface area contributed by atoms with Gasteiger partial charge in [0.15, 0.2) is 11.8 Å². The second-order valence-electron chi connectivity index (χ2n) is 3.00. The minimum Gasteiger partial charge on any atom is -0.296 e. The van der Waals surface area contributed by atoms with Crippen LogP contribution in [0, 0.1) is 0 Å². The molecule has 2 heteroatoms. The molecule has 1 rings (SSSR count). The Hall–Kier alpha value is -0.370. The Labute approximate surface area is 55.8 Å². The third kappa shape index (κ3) is 0.990. The molecule has 1 heterocycles. The summed E-state index contributed by atoms with van der Waals surface area (Å²) in [7, 11) is 2.00. The summed E-state index contributed by atoms with van der Waals surface area (Å²) in [5.74, 6) is 0. The van der Waals surface area contributed by atoms with Crippen LogP contribution in [0.1, 0.15) is 19.8 Å². The van der Waals surface area contributed by atoms with Crippen molar-refractivity contribution in [2.45, 2.75) is 25.3 Å². The number of carbonyl (C=O) groups excluding carboxylic acids is 1. The van der Waals surface area contributed by atoms with E-state index >= 15 is 0 Å². The molecule has 0 aromatic carbocycles. The van der Waals surface area contributed by atoms with Gasteiger partial charge in [-0.05, 0) is 0 Å². The van der Waals surface area contributed by atoms with Gasteiger partial charge in [0.05, 0.1) is 0 Å². The molecule has 1 saturated heterocycles. The first-order valence-electron chi connectivity index (χ1n) is 3.36. The van der Waals surface area contributed by atoms with Gasteiger partial charge in [0.25, 0.3) is 0 Å². The number of aldehydes is 1. The van der Waals surface area contributed by atoms with Crippen LogP contribution in [0.2, 0.25) is 0 Å². The largest absolute Gasteiger partial charge is 0.296 e. The molecule has 2 nitrogen and oxygen atoms in total. The Bertz CT molecular complexity index is 124. The van der Waals surface area contributed by atoms with E-state index < -0.39 is 0 Å². The summed E-state index contributed by atoms with van der Waals surface area (Å²) >= 11 is 0. The Balaban J connectivity index is 2.66. The summed E-state index contributed by atoms with van der Waals surface area (Å²) in [5, 5.41) is 0. The van der Waals surface area contributed by atoms with E-state index in [4.69, 9.17) is 0 Å². The second-order valence-corrected chi connectivity index (χ2v) is 3.00. The van der Waals surface area contributed by atoms with Crippen molar-refractivity contribution >= 4 is 6.29 Å². The Kier molecular flexibility index (Phi) is 1.58. The second kappa shape index (κ2) is 2.10. The zero-order valence-electron chi connectivity index (χ0n) is 6.05. The SMILES string of the molecule is C[N+]1CCC[C@@]1(C)C=O. The van der Waals surface area contributed by atoms with Crippen molar-refractivity contribution in [2.24, 2.45) is 0 Å². The fourth-order valence-corrected chi connectivity index (χ4v) is 1.27. The summed E-state index contributed by atoms with van der Waals surface area (Å²) in [5.41, 5.74) is -0.153. The summed E-state index contributed by atoms with van der Waals surface area (Å²) in [4.78, 5) is 12.6. The van der Waals surface area contributed by atoms with Crippen LogP contribution < -0.4 is 4.90 Å². The smallest absolute Gasteiger partial charge is 0.195 e. The predicted molar refractivity (Wildman–Crippen MR) is 36.6 cm³/mol. The molecule has 1 fully saturated rings. The van der Waals surface area contributed by atoms with Crippen LogP contribution in [0.5, 0.6) is 0 Å². The molecule has 0 saturated carbocycles. The van der Waals surface area contributed by atoms with Gasteiger partial charge in [0.1, 0.15) is 13.6 Å². The van der Waals surface area contributed by atoms with Crippen LogP contribution in [0.25, 0.3) is 0 Å². The monoisotopic (exact) mass is 127 g/mol. The molecule has 0 aromatic rings. The lowest BCUT2D eigenvalue weighted by atomic mass is 10.0. The van der Waals surface area contributed by atoms with Crippen LogP contribution in [0.15, 0.2) is 0 Å². The van der Waals surface area contributed by atoms with E-state index in [-0.39, 0.29) is 5.54 Å². The van der Waals surface area contributed by atoms with Gasteiger partial charge in [-0.2, -0.15) is 4.90 Å². The molecule has 0 aromatic heterocycles. The van der Waals surface area contributed by atoms with Crippen LogP contribution in [-0.2, 0) is 4.79 Å². The zero-order valence-corrected chi connectivity index (χ0v) is 6.05. The molecular formula is C7H13NO+. The summed E-state index contributed by atoms with van der Waals surface area (Å²) < 4.78 is 0. The first-order valence-corrected chi connectivity index (χ1v) is 3.36. The highest BCUT2D eigenvalue weighted by molar-refractivity contribution is 5.64. The Morgan fingerprint density at radius 3 is 2.56 bits per heavy atom. The predicted octanol–water partition coefficient (Wildman–Crippen LogP) is 0.508. The number of hydrogen-bond donors (Lipinski definition) is 0. The molecule has 9 heavy (non-hydrogen) atoms. The highest BCUT2D eigenvalue weighted by Crippen LogP contribution is 2.21. The normalized spacial score (nSPS) is 37.1. The van der Waals surface area contributed by atoms with Gasteiger partial charge in [0.2, 0.25) is 0 Å². The quantitative estimate of drug-likeness (QED) is 0.372. The molecule has 0 aliphatic carbocycles. The molecule has 0 N–H and O–H groups in total. The number of hydrogen-bond acceptors (Lipinski definition) is 2. The molecule has 51 valence electrons. The minimum atomic E-state index is -0.153. The number of carbonyl (C=O) groups is 1. The van der Waals surface area contributed by atoms with Crippen LogP contribution in [0.3, 0.4) is 0 Å². The first-order chi connectivity index (χ1) is 4.19. The lowest BCUT2D eigenvalue weighted by Gasteiger charge is -2.14. The lowest BCUT2D eigenvalue weighted by molar-refractivity contribution is -0.113. The van der Waals surface area contributed by atoms with Crippen molar-refractivity contribution in [3.63, 3.8) is 0 Å². The highest BCUT2D eigenvalue weighted by Gasteiger charge is 2.42. The van der Waals surface area contributed by atoms with E-state index in [0.29, 0.717) is 0 Å². The van der Waals surface area contributed by atoms with Crippen molar-refractivity contribution in [1.82, 2.24) is 4.90 Å². The summed E-state index contributed by atoms with van der Waals surface area (Å²) in [6, 6.07) is 0. The highest BCUT2D eigenvalue weighted by atomic mass is 16.1.